The molecule has 0 unspecified atom stereocenters. The predicted octanol–water partition coefficient (Wildman–Crippen LogP) is 1.48. The van der Waals surface area contributed by atoms with E-state index < -0.39 is 17.4 Å². The third-order valence-corrected chi connectivity index (χ3v) is 2.46. The number of rotatable bonds is 4. The molecule has 0 aromatic heterocycles. The molecule has 0 aliphatic rings. The molecule has 0 saturated heterocycles. The first-order chi connectivity index (χ1) is 8.08. The van der Waals surface area contributed by atoms with Gasteiger partial charge in [-0.3, -0.25) is 9.59 Å². The summed E-state index contributed by atoms with van der Waals surface area (Å²) in [5.74, 6) is 6.57. The molecule has 0 heterocycles. The Labute approximate surface area is 109 Å². The number of carbonyl (C=O) groups is 2. The lowest BCUT2D eigenvalue weighted by Crippen LogP contribution is -2.40. The van der Waals surface area contributed by atoms with E-state index in [0.29, 0.717) is 0 Å². The van der Waals surface area contributed by atoms with Gasteiger partial charge in [-0.1, -0.05) is 5.92 Å². The molecule has 0 atom stereocenters. The van der Waals surface area contributed by atoms with Crippen LogP contribution < -0.4 is 0 Å². The molecule has 4 nitrogen and oxygen atoms in total. The molecule has 0 rings (SSSR count). The van der Waals surface area contributed by atoms with Gasteiger partial charge < -0.3 is 9.47 Å². The number of carbonyl (C=O) groups excluding carboxylic acids is 2. The lowest BCUT2D eigenvalue weighted by molar-refractivity contribution is -0.168. The topological polar surface area (TPSA) is 52.6 Å². The van der Waals surface area contributed by atoms with E-state index >= 15 is 0 Å². The van der Waals surface area contributed by atoms with Gasteiger partial charge in [0.05, 0.1) is 14.2 Å². The predicted molar refractivity (Wildman–Crippen MR) is 65.9 cm³/mol. The minimum Gasteiger partial charge on any atom is -0.468 e. The standard InChI is InChI=1S/C12H13BrO4/c1-4-5-7-12(8-6-9-13,10(14)16-2)11(15)17-3/h7-8H2,1-3H3. The van der Waals surface area contributed by atoms with Crippen molar-refractivity contribution in [1.82, 2.24) is 0 Å². The van der Waals surface area contributed by atoms with Crippen LogP contribution in [-0.4, -0.2) is 26.2 Å². The molecule has 0 aromatic rings. The van der Waals surface area contributed by atoms with E-state index in [4.69, 9.17) is 0 Å². The summed E-state index contributed by atoms with van der Waals surface area (Å²) < 4.78 is 9.28. The molecule has 5 heteroatoms. The van der Waals surface area contributed by atoms with Crippen LogP contribution in [0.3, 0.4) is 0 Å². The van der Waals surface area contributed by atoms with Gasteiger partial charge in [0, 0.05) is 28.8 Å². The number of hydrogen-bond donors (Lipinski definition) is 0. The first kappa shape index (κ1) is 15.5. The van der Waals surface area contributed by atoms with Gasteiger partial charge in [0.1, 0.15) is 0 Å². The quantitative estimate of drug-likeness (QED) is 0.448. The minimum atomic E-state index is -1.48. The second-order valence-electron chi connectivity index (χ2n) is 3.12. The molecule has 0 N–H and O–H groups in total. The zero-order valence-corrected chi connectivity index (χ0v) is 11.5. The first-order valence-corrected chi connectivity index (χ1v) is 5.53. The highest BCUT2D eigenvalue weighted by Gasteiger charge is 2.47. The van der Waals surface area contributed by atoms with Crippen molar-refractivity contribution in [2.75, 3.05) is 14.2 Å². The maximum Gasteiger partial charge on any atom is 0.325 e. The second-order valence-corrected chi connectivity index (χ2v) is 3.51. The first-order valence-electron chi connectivity index (χ1n) is 4.74. The molecule has 0 aliphatic heterocycles. The average Bonchev–Trinajstić information content (AvgIpc) is 2.37. The Morgan fingerprint density at radius 3 is 1.94 bits per heavy atom. The van der Waals surface area contributed by atoms with Gasteiger partial charge in [0.2, 0.25) is 0 Å². The summed E-state index contributed by atoms with van der Waals surface area (Å²) >= 11 is 2.91. The van der Waals surface area contributed by atoms with Gasteiger partial charge in [0.15, 0.2) is 5.41 Å². The normalized spacial score (nSPS) is 9.18. The van der Waals surface area contributed by atoms with E-state index in [0.717, 1.165) is 0 Å². The number of hydrogen-bond acceptors (Lipinski definition) is 4. The Bertz CT molecular complexity index is 366. The number of methoxy groups -OCH3 is 2. The Morgan fingerprint density at radius 2 is 1.59 bits per heavy atom. The van der Waals surface area contributed by atoms with Crippen LogP contribution in [0.25, 0.3) is 0 Å². The summed E-state index contributed by atoms with van der Waals surface area (Å²) in [6, 6.07) is 0. The summed E-state index contributed by atoms with van der Waals surface area (Å²) in [5.41, 5.74) is -1.48. The third kappa shape index (κ3) is 3.80. The fraction of sp³-hybridized carbons (Fsp3) is 0.500. The van der Waals surface area contributed by atoms with Crippen molar-refractivity contribution in [3.05, 3.63) is 0 Å². The van der Waals surface area contributed by atoms with Crippen molar-refractivity contribution in [2.45, 2.75) is 19.8 Å². The SMILES string of the molecule is CC#CCC(CC#CBr)(C(=O)OC)C(=O)OC. The molecule has 0 aromatic carbocycles. The van der Waals surface area contributed by atoms with Crippen molar-refractivity contribution in [3.63, 3.8) is 0 Å². The summed E-state index contributed by atoms with van der Waals surface area (Å²) in [4.78, 5) is 26.0. The Morgan fingerprint density at radius 1 is 1.12 bits per heavy atom. The van der Waals surface area contributed by atoms with Crippen LogP contribution in [-0.2, 0) is 19.1 Å². The van der Waals surface area contributed by atoms with Crippen LogP contribution >= 0.6 is 15.9 Å². The molecule has 0 saturated carbocycles. The Kier molecular flexibility index (Phi) is 7.09. The molecule has 92 valence electrons. The van der Waals surface area contributed by atoms with E-state index in [1.807, 2.05) is 0 Å². The molecule has 0 aliphatic carbocycles. The molecule has 0 bridgehead atoms. The zero-order valence-electron chi connectivity index (χ0n) is 9.93. The molecule has 17 heavy (non-hydrogen) atoms. The van der Waals surface area contributed by atoms with Gasteiger partial charge in [-0.25, -0.2) is 0 Å². The fourth-order valence-corrected chi connectivity index (χ4v) is 1.39. The molecular weight excluding hydrogens is 288 g/mol. The lowest BCUT2D eigenvalue weighted by Gasteiger charge is -2.23. The van der Waals surface area contributed by atoms with Crippen LogP contribution in [0.5, 0.6) is 0 Å². The summed E-state index contributed by atoms with van der Waals surface area (Å²) in [5, 5.41) is 0. The van der Waals surface area contributed by atoms with Crippen molar-refractivity contribution in [1.29, 1.82) is 0 Å². The monoisotopic (exact) mass is 300 g/mol. The minimum absolute atomic E-state index is 0.00766. The molecule has 0 fully saturated rings. The van der Waals surface area contributed by atoms with Gasteiger partial charge in [0.25, 0.3) is 0 Å². The average molecular weight is 301 g/mol. The number of ether oxygens (including phenoxy) is 2. The van der Waals surface area contributed by atoms with Crippen molar-refractivity contribution >= 4 is 27.9 Å². The van der Waals surface area contributed by atoms with E-state index in [2.05, 4.69) is 48.0 Å². The van der Waals surface area contributed by atoms with E-state index in [-0.39, 0.29) is 12.8 Å². The largest absolute Gasteiger partial charge is 0.468 e. The van der Waals surface area contributed by atoms with Crippen molar-refractivity contribution < 1.29 is 19.1 Å². The highest BCUT2D eigenvalue weighted by Crippen LogP contribution is 2.29. The summed E-state index contributed by atoms with van der Waals surface area (Å²) in [6.45, 7) is 1.62. The number of halogens is 1. The molecule has 0 amide bonds. The summed E-state index contributed by atoms with van der Waals surface area (Å²) in [6.07, 6.45) is 0.0107. The Hall–Kier alpha value is -1.46. The maximum atomic E-state index is 11.8. The van der Waals surface area contributed by atoms with E-state index in [9.17, 15) is 9.59 Å². The van der Waals surface area contributed by atoms with E-state index in [1.165, 1.54) is 14.2 Å². The van der Waals surface area contributed by atoms with Crippen LogP contribution in [0.4, 0.5) is 0 Å². The fourth-order valence-electron chi connectivity index (χ4n) is 1.25. The van der Waals surface area contributed by atoms with Gasteiger partial charge in [-0.05, 0) is 11.8 Å². The van der Waals surface area contributed by atoms with E-state index in [1.54, 1.807) is 6.92 Å². The molecule has 0 radical (unpaired) electrons. The van der Waals surface area contributed by atoms with Gasteiger partial charge in [-0.2, -0.15) is 0 Å². The Balaban J connectivity index is 5.44. The van der Waals surface area contributed by atoms with Crippen molar-refractivity contribution in [2.24, 2.45) is 5.41 Å². The third-order valence-electron chi connectivity index (χ3n) is 2.18. The van der Waals surface area contributed by atoms with Crippen LogP contribution in [0.1, 0.15) is 19.8 Å². The smallest absolute Gasteiger partial charge is 0.325 e. The summed E-state index contributed by atoms with van der Waals surface area (Å²) in [7, 11) is 2.42. The maximum absolute atomic E-state index is 11.8. The second kappa shape index (κ2) is 7.76. The lowest BCUT2D eigenvalue weighted by atomic mass is 9.81. The molecule has 0 spiro atoms. The zero-order chi connectivity index (χ0) is 13.3. The van der Waals surface area contributed by atoms with Crippen LogP contribution in [0, 0.1) is 28.0 Å². The highest BCUT2D eigenvalue weighted by molar-refractivity contribution is 9.12. The van der Waals surface area contributed by atoms with Crippen molar-refractivity contribution in [3.8, 4) is 22.6 Å². The van der Waals surface area contributed by atoms with Crippen LogP contribution in [0.15, 0.2) is 0 Å². The van der Waals surface area contributed by atoms with Gasteiger partial charge >= 0.3 is 11.9 Å². The van der Waals surface area contributed by atoms with Crippen LogP contribution in [0.2, 0.25) is 0 Å². The molecular formula is C12H13BrO4. The highest BCUT2D eigenvalue weighted by atomic mass is 79.9. The van der Waals surface area contributed by atoms with Gasteiger partial charge in [-0.15, -0.1) is 11.8 Å². The number of esters is 2.